The van der Waals surface area contributed by atoms with Crippen molar-refractivity contribution in [2.45, 2.75) is 45.3 Å². The van der Waals surface area contributed by atoms with Gasteiger partial charge in [-0.15, -0.1) is 0 Å². The molecule has 0 N–H and O–H groups in total. The molecule has 0 bridgehead atoms. The van der Waals surface area contributed by atoms with E-state index in [4.69, 9.17) is 9.47 Å². The summed E-state index contributed by atoms with van der Waals surface area (Å²) in [6.45, 7) is 8.20. The van der Waals surface area contributed by atoms with Crippen molar-refractivity contribution >= 4 is 17.7 Å². The zero-order valence-electron chi connectivity index (χ0n) is 21.0. The summed E-state index contributed by atoms with van der Waals surface area (Å²) in [6.07, 6.45) is 0.397. The SMILES string of the molecule is CN1CCC(=O)N(c2ccccc2OC(CCN(C)C(=O)OC(C)(C)C)c2ccccc2)CC1. The molecule has 1 unspecified atom stereocenters. The quantitative estimate of drug-likeness (QED) is 0.589. The van der Waals surface area contributed by atoms with Crippen molar-refractivity contribution in [3.8, 4) is 5.75 Å². The second-order valence-corrected chi connectivity index (χ2v) is 9.77. The van der Waals surface area contributed by atoms with Crippen molar-refractivity contribution in [2.24, 2.45) is 0 Å². The molecule has 184 valence electrons. The van der Waals surface area contributed by atoms with Crippen molar-refractivity contribution in [3.05, 3.63) is 60.2 Å². The van der Waals surface area contributed by atoms with Crippen LogP contribution in [0.5, 0.6) is 5.75 Å². The van der Waals surface area contributed by atoms with E-state index in [0.717, 1.165) is 24.3 Å². The smallest absolute Gasteiger partial charge is 0.410 e. The molecule has 7 heteroatoms. The lowest BCUT2D eigenvalue weighted by molar-refractivity contribution is -0.118. The molecule has 0 spiro atoms. The van der Waals surface area contributed by atoms with Crippen LogP contribution in [0.4, 0.5) is 10.5 Å². The monoisotopic (exact) mass is 467 g/mol. The molecule has 3 rings (SSSR count). The normalized spacial score (nSPS) is 16.0. The van der Waals surface area contributed by atoms with E-state index in [-0.39, 0.29) is 18.1 Å². The number of anilines is 1. The number of rotatable bonds is 7. The highest BCUT2D eigenvalue weighted by Gasteiger charge is 2.25. The molecule has 1 aliphatic heterocycles. The van der Waals surface area contributed by atoms with Crippen LogP contribution < -0.4 is 9.64 Å². The van der Waals surface area contributed by atoms with Crippen LogP contribution in [0.15, 0.2) is 54.6 Å². The molecule has 0 aliphatic carbocycles. The van der Waals surface area contributed by atoms with Crippen LogP contribution in [0.1, 0.15) is 45.3 Å². The predicted molar refractivity (Wildman–Crippen MR) is 134 cm³/mol. The Morgan fingerprint density at radius 3 is 2.41 bits per heavy atom. The second-order valence-electron chi connectivity index (χ2n) is 9.77. The van der Waals surface area contributed by atoms with Crippen LogP contribution in [-0.2, 0) is 9.53 Å². The lowest BCUT2D eigenvalue weighted by Crippen LogP contribution is -2.35. The van der Waals surface area contributed by atoms with Gasteiger partial charge < -0.3 is 24.2 Å². The summed E-state index contributed by atoms with van der Waals surface area (Å²) in [5, 5.41) is 0. The fourth-order valence-corrected chi connectivity index (χ4v) is 3.82. The molecule has 2 amide bonds. The number of hydrogen-bond acceptors (Lipinski definition) is 5. The molecule has 1 aliphatic rings. The molecule has 0 aromatic heterocycles. The zero-order chi connectivity index (χ0) is 24.7. The van der Waals surface area contributed by atoms with Gasteiger partial charge in [-0.1, -0.05) is 42.5 Å². The summed E-state index contributed by atoms with van der Waals surface area (Å²) in [7, 11) is 3.77. The van der Waals surface area contributed by atoms with Crippen LogP contribution >= 0.6 is 0 Å². The van der Waals surface area contributed by atoms with Gasteiger partial charge in [0.25, 0.3) is 0 Å². The van der Waals surface area contributed by atoms with E-state index in [1.54, 1.807) is 11.9 Å². The number of likely N-dealkylation sites (N-methyl/N-ethyl adjacent to an activating group) is 1. The predicted octanol–water partition coefficient (Wildman–Crippen LogP) is 4.73. The Hall–Kier alpha value is -3.06. The van der Waals surface area contributed by atoms with Gasteiger partial charge in [-0.2, -0.15) is 0 Å². The number of carbonyl (C=O) groups is 2. The number of ether oxygens (including phenoxy) is 2. The van der Waals surface area contributed by atoms with Crippen LogP contribution in [0.3, 0.4) is 0 Å². The Labute approximate surface area is 203 Å². The standard InChI is InChI=1S/C27H37N3O4/c1-27(2,3)34-26(32)29(5)18-15-23(21-11-7-6-8-12-21)33-24-14-10-9-13-22(24)30-20-19-28(4)17-16-25(30)31/h6-14,23H,15-20H2,1-5H3. The van der Waals surface area contributed by atoms with E-state index >= 15 is 0 Å². The van der Waals surface area contributed by atoms with Gasteiger partial charge in [0.1, 0.15) is 17.5 Å². The maximum atomic E-state index is 12.9. The highest BCUT2D eigenvalue weighted by atomic mass is 16.6. The van der Waals surface area contributed by atoms with Gasteiger partial charge in [0, 0.05) is 46.1 Å². The van der Waals surface area contributed by atoms with Crippen molar-refractivity contribution in [1.29, 1.82) is 0 Å². The molecule has 1 saturated heterocycles. The van der Waals surface area contributed by atoms with E-state index in [2.05, 4.69) is 4.90 Å². The molecule has 0 saturated carbocycles. The third-order valence-electron chi connectivity index (χ3n) is 5.74. The van der Waals surface area contributed by atoms with Gasteiger partial charge in [0.15, 0.2) is 0 Å². The van der Waals surface area contributed by atoms with Gasteiger partial charge in [-0.05, 0) is 45.5 Å². The molecule has 7 nitrogen and oxygen atoms in total. The average Bonchev–Trinajstić information content (AvgIpc) is 2.96. The molecule has 34 heavy (non-hydrogen) atoms. The number of carbonyl (C=O) groups excluding carboxylic acids is 2. The van der Waals surface area contributed by atoms with Crippen LogP contribution in [0, 0.1) is 0 Å². The van der Waals surface area contributed by atoms with E-state index in [0.29, 0.717) is 31.7 Å². The first kappa shape index (κ1) is 25.6. The van der Waals surface area contributed by atoms with Crippen LogP contribution in [0.25, 0.3) is 0 Å². The fourth-order valence-electron chi connectivity index (χ4n) is 3.82. The van der Waals surface area contributed by atoms with E-state index < -0.39 is 5.60 Å². The molecule has 1 fully saturated rings. The molecule has 2 aromatic rings. The van der Waals surface area contributed by atoms with Gasteiger partial charge in [0.2, 0.25) is 5.91 Å². The Balaban J connectivity index is 1.80. The van der Waals surface area contributed by atoms with Crippen molar-refractivity contribution in [3.63, 3.8) is 0 Å². The number of hydrogen-bond donors (Lipinski definition) is 0. The minimum atomic E-state index is -0.548. The van der Waals surface area contributed by atoms with Crippen LogP contribution in [-0.4, -0.2) is 67.7 Å². The van der Waals surface area contributed by atoms with Gasteiger partial charge in [-0.3, -0.25) is 4.79 Å². The highest BCUT2D eigenvalue weighted by Crippen LogP contribution is 2.34. The number of nitrogens with zero attached hydrogens (tertiary/aromatic N) is 3. The highest BCUT2D eigenvalue weighted by molar-refractivity contribution is 5.95. The second kappa shape index (κ2) is 11.4. The van der Waals surface area contributed by atoms with Gasteiger partial charge in [0.05, 0.1) is 5.69 Å². The third-order valence-corrected chi connectivity index (χ3v) is 5.74. The summed E-state index contributed by atoms with van der Waals surface area (Å²) >= 11 is 0. The number of para-hydroxylation sites is 2. The van der Waals surface area contributed by atoms with Crippen molar-refractivity contribution < 1.29 is 19.1 Å². The molecule has 0 radical (unpaired) electrons. The van der Waals surface area contributed by atoms with Crippen molar-refractivity contribution in [2.75, 3.05) is 45.2 Å². The summed E-state index contributed by atoms with van der Waals surface area (Å²) in [5.41, 5.74) is 1.24. The molecule has 1 atom stereocenters. The largest absolute Gasteiger partial charge is 0.483 e. The van der Waals surface area contributed by atoms with Gasteiger partial charge >= 0.3 is 6.09 Å². The van der Waals surface area contributed by atoms with E-state index in [9.17, 15) is 9.59 Å². The Bertz CT molecular complexity index is 958. The first-order valence-electron chi connectivity index (χ1n) is 11.9. The average molecular weight is 468 g/mol. The minimum Gasteiger partial charge on any atom is -0.483 e. The fraction of sp³-hybridized carbons (Fsp3) is 0.481. The zero-order valence-corrected chi connectivity index (χ0v) is 21.0. The maximum Gasteiger partial charge on any atom is 0.410 e. The Morgan fingerprint density at radius 2 is 1.71 bits per heavy atom. The molecular weight excluding hydrogens is 430 g/mol. The summed E-state index contributed by atoms with van der Waals surface area (Å²) < 4.78 is 12.0. The lowest BCUT2D eigenvalue weighted by Gasteiger charge is -2.28. The minimum absolute atomic E-state index is 0.0984. The maximum absolute atomic E-state index is 12.9. The first-order valence-corrected chi connectivity index (χ1v) is 11.9. The number of amides is 2. The summed E-state index contributed by atoms with van der Waals surface area (Å²) in [5.74, 6) is 0.760. The molecule has 2 aromatic carbocycles. The van der Waals surface area contributed by atoms with Crippen molar-refractivity contribution in [1.82, 2.24) is 9.80 Å². The first-order chi connectivity index (χ1) is 16.1. The lowest BCUT2D eigenvalue weighted by atomic mass is 10.1. The Kier molecular flexibility index (Phi) is 8.56. The van der Waals surface area contributed by atoms with E-state index in [1.165, 1.54) is 0 Å². The van der Waals surface area contributed by atoms with Crippen LogP contribution in [0.2, 0.25) is 0 Å². The summed E-state index contributed by atoms with van der Waals surface area (Å²) in [4.78, 5) is 30.9. The third kappa shape index (κ3) is 7.22. The topological polar surface area (TPSA) is 62.3 Å². The van der Waals surface area contributed by atoms with E-state index in [1.807, 2.05) is 87.3 Å². The Morgan fingerprint density at radius 1 is 1.03 bits per heavy atom. The summed E-state index contributed by atoms with van der Waals surface area (Å²) in [6, 6.07) is 17.7. The number of benzene rings is 2. The van der Waals surface area contributed by atoms with Gasteiger partial charge in [-0.25, -0.2) is 4.79 Å². The molecule has 1 heterocycles. The molecular formula is C27H37N3O4.